The van der Waals surface area contributed by atoms with E-state index in [-0.39, 0.29) is 5.57 Å². The predicted molar refractivity (Wildman–Crippen MR) is 105 cm³/mol. The van der Waals surface area contributed by atoms with Crippen LogP contribution < -0.4 is 24.6 Å². The molecule has 0 aromatic heterocycles. The molecule has 1 N–H and O–H groups in total. The second-order valence-corrected chi connectivity index (χ2v) is 6.52. The van der Waals surface area contributed by atoms with Gasteiger partial charge in [-0.05, 0) is 42.5 Å². The van der Waals surface area contributed by atoms with Gasteiger partial charge >= 0.3 is 5.97 Å². The quantitative estimate of drug-likeness (QED) is 0.452. The molecular formula is C21H18N2O7. The SMILES string of the molecule is COc1ccc(OC)c(C2=C3C(=O)N(c4ccc(OC(C)=O)cc4)C(=O)[C@@H]3ON2)c1. The molecule has 1 atom stereocenters. The number of benzene rings is 2. The zero-order chi connectivity index (χ0) is 21.4. The number of carbonyl (C=O) groups is 3. The Bertz CT molecular complexity index is 1080. The minimum absolute atomic E-state index is 0.176. The van der Waals surface area contributed by atoms with Gasteiger partial charge in [0.25, 0.3) is 11.8 Å². The molecule has 2 heterocycles. The lowest BCUT2D eigenvalue weighted by molar-refractivity contribution is -0.132. The number of ether oxygens (including phenoxy) is 3. The van der Waals surface area contributed by atoms with Crippen molar-refractivity contribution >= 4 is 29.2 Å². The van der Waals surface area contributed by atoms with Crippen molar-refractivity contribution in [2.24, 2.45) is 0 Å². The minimum Gasteiger partial charge on any atom is -0.497 e. The number of hydrogen-bond acceptors (Lipinski definition) is 8. The molecule has 0 unspecified atom stereocenters. The van der Waals surface area contributed by atoms with Crippen LogP contribution in [0.2, 0.25) is 0 Å². The Labute approximate surface area is 171 Å². The van der Waals surface area contributed by atoms with Gasteiger partial charge in [-0.1, -0.05) is 0 Å². The highest BCUT2D eigenvalue weighted by Crippen LogP contribution is 2.39. The van der Waals surface area contributed by atoms with Crippen molar-refractivity contribution in [1.29, 1.82) is 0 Å². The molecule has 0 bridgehead atoms. The number of hydroxylamine groups is 1. The Balaban J connectivity index is 1.73. The van der Waals surface area contributed by atoms with Gasteiger partial charge in [-0.2, -0.15) is 0 Å². The highest BCUT2D eigenvalue weighted by molar-refractivity contribution is 6.33. The highest BCUT2D eigenvalue weighted by Gasteiger charge is 2.51. The summed E-state index contributed by atoms with van der Waals surface area (Å²) in [7, 11) is 3.03. The maximum Gasteiger partial charge on any atom is 0.308 e. The van der Waals surface area contributed by atoms with Crippen LogP contribution in [0.5, 0.6) is 17.2 Å². The third-order valence-electron chi connectivity index (χ3n) is 4.72. The Morgan fingerprint density at radius 2 is 1.73 bits per heavy atom. The van der Waals surface area contributed by atoms with Gasteiger partial charge in [-0.25, -0.2) is 4.90 Å². The largest absolute Gasteiger partial charge is 0.497 e. The number of amides is 2. The van der Waals surface area contributed by atoms with E-state index in [9.17, 15) is 14.4 Å². The second-order valence-electron chi connectivity index (χ2n) is 6.52. The smallest absolute Gasteiger partial charge is 0.308 e. The summed E-state index contributed by atoms with van der Waals surface area (Å²) in [5.41, 5.74) is 4.07. The molecule has 154 valence electrons. The number of anilines is 1. The molecule has 30 heavy (non-hydrogen) atoms. The molecule has 1 saturated heterocycles. The van der Waals surface area contributed by atoms with Gasteiger partial charge in [-0.3, -0.25) is 24.7 Å². The van der Waals surface area contributed by atoms with E-state index in [1.807, 2.05) is 0 Å². The number of nitrogens with one attached hydrogen (secondary N) is 1. The Hall–Kier alpha value is -3.85. The van der Waals surface area contributed by atoms with Crippen molar-refractivity contribution < 1.29 is 33.4 Å². The molecule has 2 amide bonds. The van der Waals surface area contributed by atoms with Crippen molar-refractivity contribution in [3.05, 3.63) is 53.6 Å². The molecule has 0 spiro atoms. The summed E-state index contributed by atoms with van der Waals surface area (Å²) in [6.07, 6.45) is -1.09. The third-order valence-corrected chi connectivity index (χ3v) is 4.72. The van der Waals surface area contributed by atoms with Crippen LogP contribution in [0, 0.1) is 0 Å². The lowest BCUT2D eigenvalue weighted by atomic mass is 10.0. The first kappa shape index (κ1) is 19.5. The highest BCUT2D eigenvalue weighted by atomic mass is 16.7. The van der Waals surface area contributed by atoms with Crippen LogP contribution in [0.25, 0.3) is 5.70 Å². The first-order valence-corrected chi connectivity index (χ1v) is 8.99. The number of fused-ring (bicyclic) bond motifs is 1. The van der Waals surface area contributed by atoms with Gasteiger partial charge in [-0.15, -0.1) is 0 Å². The first-order valence-electron chi connectivity index (χ1n) is 8.99. The van der Waals surface area contributed by atoms with E-state index in [0.29, 0.717) is 34.2 Å². The topological polar surface area (TPSA) is 103 Å². The molecule has 2 aliphatic heterocycles. The summed E-state index contributed by atoms with van der Waals surface area (Å²) >= 11 is 0. The predicted octanol–water partition coefficient (Wildman–Crippen LogP) is 1.82. The van der Waals surface area contributed by atoms with Crippen LogP contribution in [0.1, 0.15) is 12.5 Å². The average Bonchev–Trinajstić information content (AvgIpc) is 3.28. The summed E-state index contributed by atoms with van der Waals surface area (Å²) < 4.78 is 15.6. The number of hydrogen-bond donors (Lipinski definition) is 1. The number of rotatable bonds is 5. The van der Waals surface area contributed by atoms with Crippen LogP contribution in [0.4, 0.5) is 5.69 Å². The number of imide groups is 1. The number of nitrogens with zero attached hydrogens (tertiary/aromatic N) is 1. The van der Waals surface area contributed by atoms with E-state index in [4.69, 9.17) is 19.0 Å². The molecule has 1 fully saturated rings. The van der Waals surface area contributed by atoms with Crippen molar-refractivity contribution in [3.8, 4) is 17.2 Å². The molecule has 2 aromatic rings. The number of carbonyl (C=O) groups excluding carboxylic acids is 3. The molecular weight excluding hydrogens is 392 g/mol. The zero-order valence-corrected chi connectivity index (χ0v) is 16.4. The third kappa shape index (κ3) is 3.15. The van der Waals surface area contributed by atoms with E-state index in [1.54, 1.807) is 18.2 Å². The van der Waals surface area contributed by atoms with Crippen molar-refractivity contribution in [2.75, 3.05) is 19.1 Å². The van der Waals surface area contributed by atoms with Gasteiger partial charge in [0.2, 0.25) is 0 Å². The van der Waals surface area contributed by atoms with E-state index in [0.717, 1.165) is 4.90 Å². The molecule has 9 heteroatoms. The lowest BCUT2D eigenvalue weighted by Gasteiger charge is -2.17. The van der Waals surface area contributed by atoms with Gasteiger partial charge in [0.1, 0.15) is 17.2 Å². The lowest BCUT2D eigenvalue weighted by Crippen LogP contribution is -2.34. The van der Waals surface area contributed by atoms with Crippen molar-refractivity contribution in [1.82, 2.24) is 5.48 Å². The fraction of sp³-hybridized carbons (Fsp3) is 0.190. The van der Waals surface area contributed by atoms with Crippen LogP contribution >= 0.6 is 0 Å². The van der Waals surface area contributed by atoms with E-state index in [1.165, 1.54) is 45.4 Å². The molecule has 9 nitrogen and oxygen atoms in total. The first-order chi connectivity index (χ1) is 14.4. The molecule has 2 aromatic carbocycles. The van der Waals surface area contributed by atoms with E-state index < -0.39 is 23.9 Å². The molecule has 0 saturated carbocycles. The zero-order valence-electron chi connectivity index (χ0n) is 16.4. The van der Waals surface area contributed by atoms with Crippen LogP contribution in [-0.4, -0.2) is 38.1 Å². The summed E-state index contributed by atoms with van der Waals surface area (Å²) in [6.45, 7) is 1.29. The fourth-order valence-corrected chi connectivity index (χ4v) is 3.38. The normalized spacial score (nSPS) is 17.7. The maximum atomic E-state index is 13.2. The van der Waals surface area contributed by atoms with Gasteiger partial charge < -0.3 is 14.2 Å². The van der Waals surface area contributed by atoms with Crippen LogP contribution in [-0.2, 0) is 19.2 Å². The summed E-state index contributed by atoms with van der Waals surface area (Å²) in [6, 6.07) is 11.2. The van der Waals surface area contributed by atoms with E-state index in [2.05, 4.69) is 5.48 Å². The van der Waals surface area contributed by atoms with Crippen LogP contribution in [0.3, 0.4) is 0 Å². The Morgan fingerprint density at radius 3 is 2.37 bits per heavy atom. The van der Waals surface area contributed by atoms with Gasteiger partial charge in [0, 0.05) is 12.5 Å². The summed E-state index contributed by atoms with van der Waals surface area (Å²) in [5, 5.41) is 0. The molecule has 0 aliphatic carbocycles. The summed E-state index contributed by atoms with van der Waals surface area (Å²) in [4.78, 5) is 43.6. The molecule has 2 aliphatic rings. The van der Waals surface area contributed by atoms with E-state index >= 15 is 0 Å². The standard InChI is InChI=1S/C21H18N2O7/c1-11(24)29-13-6-4-12(5-7-13)23-20(25)17-18(22-30-19(17)21(23)26)15-10-14(27-2)8-9-16(15)28-3/h4-10,19,22H,1-3H3/t19-/m1/s1. The molecule has 4 rings (SSSR count). The van der Waals surface area contributed by atoms with Gasteiger partial charge in [0.05, 0.1) is 31.2 Å². The van der Waals surface area contributed by atoms with Gasteiger partial charge in [0.15, 0.2) is 6.10 Å². The number of methoxy groups -OCH3 is 2. The summed E-state index contributed by atoms with van der Waals surface area (Å²) in [5.74, 6) is -0.162. The maximum absolute atomic E-state index is 13.2. The van der Waals surface area contributed by atoms with Crippen molar-refractivity contribution in [2.45, 2.75) is 13.0 Å². The minimum atomic E-state index is -1.09. The van der Waals surface area contributed by atoms with Crippen molar-refractivity contribution in [3.63, 3.8) is 0 Å². The Kier molecular flexibility index (Phi) is 4.88. The second kappa shape index (κ2) is 7.53. The average molecular weight is 410 g/mol. The van der Waals surface area contributed by atoms with Crippen LogP contribution in [0.15, 0.2) is 48.0 Å². The number of esters is 1. The fourth-order valence-electron chi connectivity index (χ4n) is 3.38. The monoisotopic (exact) mass is 410 g/mol. The Morgan fingerprint density at radius 1 is 1.03 bits per heavy atom. The molecule has 0 radical (unpaired) electrons.